The molecule has 2 rings (SSSR count). The lowest BCUT2D eigenvalue weighted by Gasteiger charge is -2.21. The Morgan fingerprint density at radius 1 is 1.04 bits per heavy atom. The fourth-order valence-corrected chi connectivity index (χ4v) is 4.37. The van der Waals surface area contributed by atoms with Crippen molar-refractivity contribution in [3.8, 4) is 5.75 Å². The maximum Gasteiger partial charge on any atom is 0.273 e. The Kier molecular flexibility index (Phi) is 6.46. The van der Waals surface area contributed by atoms with Crippen LogP contribution in [-0.4, -0.2) is 20.5 Å². The van der Waals surface area contributed by atoms with Crippen LogP contribution in [0, 0.1) is 24.0 Å². The van der Waals surface area contributed by atoms with E-state index in [4.69, 9.17) is 4.74 Å². The molecule has 0 saturated carbocycles. The van der Waals surface area contributed by atoms with Crippen molar-refractivity contribution < 1.29 is 18.1 Å². The third-order valence-corrected chi connectivity index (χ3v) is 6.26. The second-order valence-corrected chi connectivity index (χ2v) is 8.87. The van der Waals surface area contributed by atoms with Gasteiger partial charge in [0, 0.05) is 17.7 Å². The summed E-state index contributed by atoms with van der Waals surface area (Å²) in [5, 5.41) is 11.1. The van der Waals surface area contributed by atoms with Crippen LogP contribution in [-0.2, 0) is 10.0 Å². The quantitative estimate of drug-likeness (QED) is 0.543. The highest BCUT2D eigenvalue weighted by Crippen LogP contribution is 2.32. The average molecular weight is 407 g/mol. The minimum Gasteiger partial charge on any atom is -0.496 e. The molecule has 2 aromatic carbocycles. The van der Waals surface area contributed by atoms with Crippen molar-refractivity contribution >= 4 is 15.7 Å². The van der Waals surface area contributed by atoms with Crippen molar-refractivity contribution in [3.05, 3.63) is 62.7 Å². The number of benzene rings is 2. The number of nitrogens with one attached hydrogen (secondary N) is 1. The number of aryl methyl sites for hydroxylation is 2. The topological polar surface area (TPSA) is 98.5 Å². The first-order chi connectivity index (χ1) is 13.0. The lowest BCUT2D eigenvalue weighted by atomic mass is 9.94. The van der Waals surface area contributed by atoms with Crippen LogP contribution in [0.2, 0.25) is 0 Å². The van der Waals surface area contributed by atoms with Crippen LogP contribution in [0.1, 0.15) is 55.0 Å². The highest BCUT2D eigenvalue weighted by atomic mass is 32.2. The Bertz CT molecular complexity index is 1000. The van der Waals surface area contributed by atoms with Gasteiger partial charge in [0.05, 0.1) is 16.9 Å². The van der Waals surface area contributed by atoms with Crippen LogP contribution in [0.25, 0.3) is 0 Å². The van der Waals surface area contributed by atoms with E-state index in [1.807, 2.05) is 32.9 Å². The van der Waals surface area contributed by atoms with E-state index >= 15 is 0 Å². The highest BCUT2D eigenvalue weighted by molar-refractivity contribution is 7.89. The predicted octanol–water partition coefficient (Wildman–Crippen LogP) is 4.38. The van der Waals surface area contributed by atoms with E-state index in [0.717, 1.165) is 28.5 Å². The van der Waals surface area contributed by atoms with E-state index in [1.165, 1.54) is 12.1 Å². The van der Waals surface area contributed by atoms with Gasteiger partial charge in [-0.15, -0.1) is 0 Å². The molecule has 1 unspecified atom stereocenters. The van der Waals surface area contributed by atoms with Gasteiger partial charge in [0.15, 0.2) is 0 Å². The molecule has 0 aliphatic carbocycles. The van der Waals surface area contributed by atoms with E-state index < -0.39 is 21.0 Å². The van der Waals surface area contributed by atoms with E-state index in [-0.39, 0.29) is 16.5 Å². The van der Waals surface area contributed by atoms with E-state index in [9.17, 15) is 18.5 Å². The predicted molar refractivity (Wildman–Crippen MR) is 108 cm³/mol. The number of hydrogen-bond donors (Lipinski definition) is 1. The summed E-state index contributed by atoms with van der Waals surface area (Å²) in [5.74, 6) is 0.971. The Balaban J connectivity index is 2.41. The van der Waals surface area contributed by atoms with E-state index in [2.05, 4.69) is 4.72 Å². The highest BCUT2D eigenvalue weighted by Gasteiger charge is 2.24. The van der Waals surface area contributed by atoms with Gasteiger partial charge in [0.1, 0.15) is 5.75 Å². The normalized spacial score (nSPS) is 12.8. The van der Waals surface area contributed by atoms with Gasteiger partial charge >= 0.3 is 0 Å². The summed E-state index contributed by atoms with van der Waals surface area (Å²) in [6, 6.07) is 7.22. The summed E-state index contributed by atoms with van der Waals surface area (Å²) in [5.41, 5.74) is 2.89. The van der Waals surface area contributed by atoms with Crippen LogP contribution < -0.4 is 9.46 Å². The first-order valence-corrected chi connectivity index (χ1v) is 10.4. The molecule has 0 bridgehead atoms. The third kappa shape index (κ3) is 4.51. The molecule has 28 heavy (non-hydrogen) atoms. The summed E-state index contributed by atoms with van der Waals surface area (Å²) in [6.07, 6.45) is 0. The molecule has 1 N–H and O–H groups in total. The summed E-state index contributed by atoms with van der Waals surface area (Å²) < 4.78 is 33.7. The van der Waals surface area contributed by atoms with Gasteiger partial charge in [0.2, 0.25) is 10.0 Å². The molecule has 0 spiro atoms. The maximum atomic E-state index is 12.8. The van der Waals surface area contributed by atoms with Crippen molar-refractivity contribution in [2.45, 2.75) is 51.5 Å². The van der Waals surface area contributed by atoms with Crippen molar-refractivity contribution in [3.63, 3.8) is 0 Å². The van der Waals surface area contributed by atoms with Gasteiger partial charge in [-0.3, -0.25) is 10.1 Å². The zero-order chi connectivity index (χ0) is 21.2. The SMILES string of the molecule is COc1cc(C)c(C(C)NS(=O)(=O)c2ccc(C)c([N+](=O)[O-])c2)cc1C(C)C. The molecule has 0 radical (unpaired) electrons. The molecule has 0 saturated heterocycles. The van der Waals surface area contributed by atoms with Crippen molar-refractivity contribution in [1.82, 2.24) is 4.72 Å². The van der Waals surface area contributed by atoms with Gasteiger partial charge in [-0.05, 0) is 61.6 Å². The number of nitro benzene ring substituents is 1. The second kappa shape index (κ2) is 8.28. The molecule has 8 heteroatoms. The fourth-order valence-electron chi connectivity index (χ4n) is 3.13. The van der Waals surface area contributed by atoms with E-state index in [1.54, 1.807) is 21.0 Å². The molecule has 1 atom stereocenters. The monoisotopic (exact) mass is 406 g/mol. The molecule has 152 valence electrons. The molecule has 0 aromatic heterocycles. The number of hydrogen-bond acceptors (Lipinski definition) is 5. The average Bonchev–Trinajstić information content (AvgIpc) is 2.60. The molecular weight excluding hydrogens is 380 g/mol. The van der Waals surface area contributed by atoms with Crippen LogP contribution in [0.5, 0.6) is 5.75 Å². The standard InChI is InChI=1S/C20H26N2O5S/c1-12(2)17-11-18(14(4)9-20(17)27-6)15(5)21-28(25,26)16-8-7-13(3)19(10-16)22(23)24/h7-12,15,21H,1-6H3. The zero-order valence-corrected chi connectivity index (χ0v) is 17.8. The molecule has 0 aliphatic rings. The van der Waals surface area contributed by atoms with Gasteiger partial charge < -0.3 is 4.74 Å². The summed E-state index contributed by atoms with van der Waals surface area (Å²) >= 11 is 0. The number of ether oxygens (including phenoxy) is 1. The first kappa shape index (κ1) is 21.8. The molecule has 2 aromatic rings. The summed E-state index contributed by atoms with van der Waals surface area (Å²) in [7, 11) is -2.32. The molecule has 0 aliphatic heterocycles. The molecule has 0 amide bonds. The van der Waals surface area contributed by atoms with Crippen LogP contribution in [0.4, 0.5) is 5.69 Å². The van der Waals surface area contributed by atoms with Gasteiger partial charge in [-0.2, -0.15) is 0 Å². The summed E-state index contributed by atoms with van der Waals surface area (Å²) in [6.45, 7) is 9.29. The van der Waals surface area contributed by atoms with Crippen LogP contribution in [0.3, 0.4) is 0 Å². The smallest absolute Gasteiger partial charge is 0.273 e. The first-order valence-electron chi connectivity index (χ1n) is 8.93. The molecule has 0 heterocycles. The Hall–Kier alpha value is -2.45. The lowest BCUT2D eigenvalue weighted by Crippen LogP contribution is -2.27. The van der Waals surface area contributed by atoms with Crippen molar-refractivity contribution in [2.24, 2.45) is 0 Å². The Morgan fingerprint density at radius 2 is 1.68 bits per heavy atom. The van der Waals surface area contributed by atoms with Crippen LogP contribution >= 0.6 is 0 Å². The number of nitro groups is 1. The largest absolute Gasteiger partial charge is 0.496 e. The summed E-state index contributed by atoms with van der Waals surface area (Å²) in [4.78, 5) is 10.4. The number of rotatable bonds is 7. The third-order valence-electron chi connectivity index (χ3n) is 4.73. The Morgan fingerprint density at radius 3 is 2.21 bits per heavy atom. The number of sulfonamides is 1. The van der Waals surface area contributed by atoms with Crippen LogP contribution in [0.15, 0.2) is 35.2 Å². The number of methoxy groups -OCH3 is 1. The minimum absolute atomic E-state index is 0.133. The molecule has 0 fully saturated rings. The second-order valence-electron chi connectivity index (χ2n) is 7.15. The fraction of sp³-hybridized carbons (Fsp3) is 0.400. The zero-order valence-electron chi connectivity index (χ0n) is 16.9. The minimum atomic E-state index is -3.93. The van der Waals surface area contributed by atoms with Crippen molar-refractivity contribution in [1.29, 1.82) is 0 Å². The van der Waals surface area contributed by atoms with Gasteiger partial charge in [-0.1, -0.05) is 19.9 Å². The van der Waals surface area contributed by atoms with E-state index in [0.29, 0.717) is 5.56 Å². The number of nitrogens with zero attached hydrogens (tertiary/aromatic N) is 1. The maximum absolute atomic E-state index is 12.8. The van der Waals surface area contributed by atoms with Gasteiger partial charge in [-0.25, -0.2) is 13.1 Å². The van der Waals surface area contributed by atoms with Gasteiger partial charge in [0.25, 0.3) is 5.69 Å². The lowest BCUT2D eigenvalue weighted by molar-refractivity contribution is -0.385. The molecule has 7 nitrogen and oxygen atoms in total. The Labute approximate surface area is 165 Å². The molecular formula is C20H26N2O5S. The van der Waals surface area contributed by atoms with Crippen molar-refractivity contribution in [2.75, 3.05) is 7.11 Å².